The minimum absolute atomic E-state index is 0.360. The number of fused-ring (bicyclic) bond motifs is 3. The largest absolute Gasteiger partial charge is 0.489 e. The molecule has 0 aliphatic carbocycles. The lowest BCUT2D eigenvalue weighted by Gasteiger charge is -2.08. The van der Waals surface area contributed by atoms with E-state index in [1.807, 2.05) is 90.4 Å². The molecule has 1 N–H and O–H groups in total. The predicted molar refractivity (Wildman–Crippen MR) is 141 cm³/mol. The molecule has 0 atom stereocenters. The van der Waals surface area contributed by atoms with Gasteiger partial charge in [-0.15, -0.1) is 10.2 Å². The number of imidazole rings is 1. The van der Waals surface area contributed by atoms with Crippen molar-refractivity contribution >= 4 is 16.9 Å². The third kappa shape index (κ3) is 3.90. The van der Waals surface area contributed by atoms with Crippen LogP contribution >= 0.6 is 0 Å². The average Bonchev–Trinajstić information content (AvgIpc) is 3.48. The van der Waals surface area contributed by atoms with E-state index in [1.165, 1.54) is 4.57 Å². The number of H-pyrrole nitrogens is 1. The van der Waals surface area contributed by atoms with E-state index < -0.39 is 11.2 Å². The maximum absolute atomic E-state index is 13.0. The second-order valence-corrected chi connectivity index (χ2v) is 8.96. The number of hydrogen-bond acceptors (Lipinski definition) is 5. The van der Waals surface area contributed by atoms with Crippen LogP contribution < -0.4 is 16.0 Å². The van der Waals surface area contributed by atoms with E-state index in [2.05, 4.69) is 15.2 Å². The Balaban J connectivity index is 1.46. The zero-order valence-corrected chi connectivity index (χ0v) is 20.4. The first-order chi connectivity index (χ1) is 18.0. The van der Waals surface area contributed by atoms with Gasteiger partial charge in [-0.05, 0) is 47.9 Å². The van der Waals surface area contributed by atoms with E-state index in [0.29, 0.717) is 35.9 Å². The van der Waals surface area contributed by atoms with Crippen LogP contribution in [0.4, 0.5) is 0 Å². The lowest BCUT2D eigenvalue weighted by molar-refractivity contribution is 0.306. The Hall–Kier alpha value is -4.92. The molecule has 9 heteroatoms. The Morgan fingerprint density at radius 3 is 2.38 bits per heavy atom. The van der Waals surface area contributed by atoms with Crippen molar-refractivity contribution in [3.63, 3.8) is 0 Å². The van der Waals surface area contributed by atoms with Gasteiger partial charge in [0.25, 0.3) is 5.56 Å². The summed E-state index contributed by atoms with van der Waals surface area (Å²) in [6.45, 7) is 2.90. The van der Waals surface area contributed by atoms with Gasteiger partial charge in [0.1, 0.15) is 12.4 Å². The van der Waals surface area contributed by atoms with Gasteiger partial charge in [-0.3, -0.25) is 18.9 Å². The number of ether oxygens (including phenoxy) is 1. The molecule has 0 aliphatic heterocycles. The van der Waals surface area contributed by atoms with Crippen LogP contribution in [0.5, 0.6) is 5.75 Å². The van der Waals surface area contributed by atoms with Crippen LogP contribution in [0.15, 0.2) is 88.5 Å². The molecule has 0 spiro atoms. The Labute approximate surface area is 211 Å². The van der Waals surface area contributed by atoms with Gasteiger partial charge in [0.05, 0.1) is 6.54 Å². The van der Waals surface area contributed by atoms with Crippen LogP contribution in [0.1, 0.15) is 16.7 Å². The fourth-order valence-corrected chi connectivity index (χ4v) is 4.58. The van der Waals surface area contributed by atoms with Gasteiger partial charge in [0.15, 0.2) is 17.0 Å². The van der Waals surface area contributed by atoms with E-state index in [4.69, 9.17) is 4.74 Å². The van der Waals surface area contributed by atoms with Crippen LogP contribution in [-0.4, -0.2) is 28.7 Å². The number of nitrogens with zero attached hydrogens (tertiary/aromatic N) is 5. The molecule has 0 aliphatic rings. The Morgan fingerprint density at radius 2 is 1.62 bits per heavy atom. The molecule has 37 heavy (non-hydrogen) atoms. The van der Waals surface area contributed by atoms with E-state index in [-0.39, 0.29) is 0 Å². The van der Waals surface area contributed by atoms with Crippen molar-refractivity contribution in [1.29, 1.82) is 0 Å². The molecule has 0 saturated carbocycles. The number of benzene rings is 3. The van der Waals surface area contributed by atoms with Crippen molar-refractivity contribution in [3.05, 3.63) is 116 Å². The molecule has 184 valence electrons. The number of rotatable bonds is 6. The van der Waals surface area contributed by atoms with E-state index >= 15 is 0 Å². The van der Waals surface area contributed by atoms with Crippen LogP contribution in [0, 0.1) is 6.92 Å². The lowest BCUT2D eigenvalue weighted by Crippen LogP contribution is -2.29. The molecule has 0 bridgehead atoms. The standard InChI is InChI=1S/C28H24N6O3/c1-18-8-6-7-11-21(18)16-33-23-25(35)29-28(36)32(2)26(23)34-24(30-31-27(33)34)20-12-14-22(15-13-20)37-17-19-9-4-3-5-10-19/h3-15H,16-17H2,1-2H3,(H,29,35,36). The third-order valence-electron chi connectivity index (χ3n) is 6.59. The number of aromatic nitrogens is 6. The molecule has 6 rings (SSSR count). The highest BCUT2D eigenvalue weighted by molar-refractivity contribution is 5.80. The summed E-state index contributed by atoms with van der Waals surface area (Å²) in [6.07, 6.45) is 0. The molecule has 3 aromatic heterocycles. The van der Waals surface area contributed by atoms with Crippen molar-refractivity contribution in [2.45, 2.75) is 20.1 Å². The van der Waals surface area contributed by atoms with Gasteiger partial charge in [0.2, 0.25) is 5.78 Å². The fourth-order valence-electron chi connectivity index (χ4n) is 4.58. The third-order valence-corrected chi connectivity index (χ3v) is 6.59. The second-order valence-electron chi connectivity index (χ2n) is 8.96. The molecule has 9 nitrogen and oxygen atoms in total. The summed E-state index contributed by atoms with van der Waals surface area (Å²) in [5.41, 5.74) is 3.82. The maximum Gasteiger partial charge on any atom is 0.329 e. The number of aromatic amines is 1. The van der Waals surface area contributed by atoms with Crippen LogP contribution in [-0.2, 0) is 20.2 Å². The molecule has 0 unspecified atom stereocenters. The van der Waals surface area contributed by atoms with Gasteiger partial charge in [-0.2, -0.15) is 0 Å². The van der Waals surface area contributed by atoms with Gasteiger partial charge in [-0.25, -0.2) is 9.20 Å². The van der Waals surface area contributed by atoms with Gasteiger partial charge in [-0.1, -0.05) is 54.6 Å². The highest BCUT2D eigenvalue weighted by Crippen LogP contribution is 2.27. The van der Waals surface area contributed by atoms with Crippen LogP contribution in [0.2, 0.25) is 0 Å². The number of hydrogen-bond donors (Lipinski definition) is 1. The van der Waals surface area contributed by atoms with Gasteiger partial charge < -0.3 is 4.74 Å². The second kappa shape index (κ2) is 8.94. The minimum Gasteiger partial charge on any atom is -0.489 e. The normalized spacial score (nSPS) is 11.4. The molecule has 3 aromatic carbocycles. The quantitative estimate of drug-likeness (QED) is 0.383. The van der Waals surface area contributed by atoms with E-state index in [0.717, 1.165) is 28.0 Å². The molecule has 3 heterocycles. The highest BCUT2D eigenvalue weighted by Gasteiger charge is 2.23. The molecule has 0 saturated heterocycles. The van der Waals surface area contributed by atoms with Crippen molar-refractivity contribution in [3.8, 4) is 17.1 Å². The fraction of sp³-hybridized carbons (Fsp3) is 0.143. The summed E-state index contributed by atoms with van der Waals surface area (Å²) in [5.74, 6) is 1.72. The first-order valence-corrected chi connectivity index (χ1v) is 11.9. The minimum atomic E-state index is -0.503. The summed E-state index contributed by atoms with van der Waals surface area (Å²) in [4.78, 5) is 28.0. The monoisotopic (exact) mass is 492 g/mol. The Kier molecular flexibility index (Phi) is 5.45. The summed E-state index contributed by atoms with van der Waals surface area (Å²) >= 11 is 0. The summed E-state index contributed by atoms with van der Waals surface area (Å²) < 4.78 is 10.9. The number of aryl methyl sites for hydroxylation is 2. The van der Waals surface area contributed by atoms with E-state index in [9.17, 15) is 9.59 Å². The van der Waals surface area contributed by atoms with Crippen molar-refractivity contribution in [1.82, 2.24) is 28.7 Å². The first-order valence-electron chi connectivity index (χ1n) is 11.9. The highest BCUT2D eigenvalue weighted by atomic mass is 16.5. The summed E-state index contributed by atoms with van der Waals surface area (Å²) in [5, 5.41) is 8.89. The molecule has 0 amide bonds. The molecule has 0 fully saturated rings. The van der Waals surface area contributed by atoms with E-state index in [1.54, 1.807) is 11.4 Å². The van der Waals surface area contributed by atoms with Gasteiger partial charge >= 0.3 is 5.69 Å². The van der Waals surface area contributed by atoms with Crippen LogP contribution in [0.25, 0.3) is 28.3 Å². The zero-order chi connectivity index (χ0) is 25.5. The van der Waals surface area contributed by atoms with Crippen molar-refractivity contribution in [2.75, 3.05) is 0 Å². The molecule has 6 aromatic rings. The van der Waals surface area contributed by atoms with Crippen molar-refractivity contribution < 1.29 is 4.74 Å². The zero-order valence-electron chi connectivity index (χ0n) is 20.4. The molecule has 0 radical (unpaired) electrons. The molecular formula is C28H24N6O3. The smallest absolute Gasteiger partial charge is 0.329 e. The first kappa shape index (κ1) is 22.5. The average molecular weight is 493 g/mol. The van der Waals surface area contributed by atoms with Crippen LogP contribution in [0.3, 0.4) is 0 Å². The molecular weight excluding hydrogens is 468 g/mol. The summed E-state index contributed by atoms with van der Waals surface area (Å²) in [6, 6.07) is 25.5. The topological polar surface area (TPSA) is 99.2 Å². The van der Waals surface area contributed by atoms with Crippen molar-refractivity contribution in [2.24, 2.45) is 7.05 Å². The summed E-state index contributed by atoms with van der Waals surface area (Å²) in [7, 11) is 1.63. The number of nitrogens with one attached hydrogen (secondary N) is 1. The Morgan fingerprint density at radius 1 is 0.892 bits per heavy atom. The lowest BCUT2D eigenvalue weighted by atomic mass is 10.1. The van der Waals surface area contributed by atoms with Gasteiger partial charge in [0, 0.05) is 12.6 Å². The SMILES string of the molecule is Cc1ccccc1Cn1c2c(=O)[nH]c(=O)n(C)c2n2c(-c3ccc(OCc4ccccc4)cc3)nnc12. The maximum atomic E-state index is 13.0. The Bertz CT molecular complexity index is 1860. The predicted octanol–water partition coefficient (Wildman–Crippen LogP) is 3.67.